The van der Waals surface area contributed by atoms with Crippen molar-refractivity contribution in [1.82, 2.24) is 9.79 Å². The summed E-state index contributed by atoms with van der Waals surface area (Å²) < 4.78 is 66.3. The lowest BCUT2D eigenvalue weighted by Crippen LogP contribution is -2.36. The van der Waals surface area contributed by atoms with Crippen molar-refractivity contribution in [2.24, 2.45) is 0 Å². The summed E-state index contributed by atoms with van der Waals surface area (Å²) in [5.74, 6) is 0. The molecule has 0 radical (unpaired) electrons. The third-order valence-corrected chi connectivity index (χ3v) is 7.19. The second-order valence-corrected chi connectivity index (χ2v) is 9.57. The van der Waals surface area contributed by atoms with Crippen molar-refractivity contribution in [1.29, 1.82) is 0 Å². The number of sulfonamides is 1. The van der Waals surface area contributed by atoms with E-state index in [1.165, 1.54) is 22.5 Å². The summed E-state index contributed by atoms with van der Waals surface area (Å²) in [5.41, 5.74) is 3.69. The van der Waals surface area contributed by atoms with E-state index in [1.54, 1.807) is 18.2 Å². The Hall–Kier alpha value is -2.36. The van der Waals surface area contributed by atoms with E-state index in [4.69, 9.17) is 4.84 Å². The fraction of sp³-hybridized carbons (Fsp3) is 0.391. The lowest BCUT2D eigenvalue weighted by Gasteiger charge is -2.26. The molecule has 0 aromatic heterocycles. The number of benzene rings is 2. The minimum absolute atomic E-state index is 0.0236. The van der Waals surface area contributed by atoms with Gasteiger partial charge in [-0.3, -0.25) is 10.3 Å². The predicted octanol–water partition coefficient (Wildman–Crippen LogP) is 5.05. The first-order valence-corrected chi connectivity index (χ1v) is 12.0. The van der Waals surface area contributed by atoms with Crippen LogP contribution in [0.5, 0.6) is 0 Å². The van der Waals surface area contributed by atoms with Crippen LogP contribution in [0.25, 0.3) is 0 Å². The van der Waals surface area contributed by atoms with E-state index >= 15 is 0 Å². The molecule has 5 nitrogen and oxygen atoms in total. The van der Waals surface area contributed by atoms with Crippen LogP contribution in [-0.2, 0) is 34.1 Å². The molecule has 0 bridgehead atoms. The molecule has 3 rings (SSSR count). The zero-order chi connectivity index (χ0) is 23.2. The number of hydrogen-bond acceptors (Lipinski definition) is 4. The molecule has 1 aliphatic rings. The van der Waals surface area contributed by atoms with Crippen molar-refractivity contribution < 1.29 is 26.4 Å². The van der Waals surface area contributed by atoms with Crippen LogP contribution in [0.15, 0.2) is 65.2 Å². The molecule has 0 unspecified atom stereocenters. The van der Waals surface area contributed by atoms with Crippen LogP contribution in [-0.4, -0.2) is 25.8 Å². The van der Waals surface area contributed by atoms with Gasteiger partial charge in [-0.05, 0) is 48.2 Å². The number of alkyl halides is 3. The third kappa shape index (κ3) is 6.11. The molecular weight excluding hydrogens is 441 g/mol. The highest BCUT2D eigenvalue weighted by atomic mass is 32.2. The Morgan fingerprint density at radius 2 is 1.81 bits per heavy atom. The van der Waals surface area contributed by atoms with Gasteiger partial charge in [0.15, 0.2) is 0 Å². The molecule has 0 fully saturated rings. The molecule has 1 N–H and O–H groups in total. The SMILES string of the molecule is CCCCc1ccc(S(=O)(=O)N2CC=C(NOCc3ccccc3C(F)(F)F)CC2)cc1. The van der Waals surface area contributed by atoms with Crippen LogP contribution in [0.2, 0.25) is 0 Å². The number of hydroxylamine groups is 1. The Labute approximate surface area is 186 Å². The minimum Gasteiger partial charge on any atom is -0.272 e. The van der Waals surface area contributed by atoms with E-state index in [9.17, 15) is 21.6 Å². The van der Waals surface area contributed by atoms with Crippen molar-refractivity contribution in [2.45, 2.75) is 50.3 Å². The van der Waals surface area contributed by atoms with Gasteiger partial charge in [0.25, 0.3) is 0 Å². The van der Waals surface area contributed by atoms with Crippen LogP contribution in [0.1, 0.15) is 42.9 Å². The van der Waals surface area contributed by atoms with Crippen LogP contribution >= 0.6 is 0 Å². The Kier molecular flexibility index (Phi) is 7.97. The average Bonchev–Trinajstić information content (AvgIpc) is 2.78. The van der Waals surface area contributed by atoms with Gasteiger partial charge in [0.1, 0.15) is 6.61 Å². The number of halogens is 3. The zero-order valence-corrected chi connectivity index (χ0v) is 18.7. The van der Waals surface area contributed by atoms with Crippen molar-refractivity contribution in [3.8, 4) is 0 Å². The number of hydrogen-bond donors (Lipinski definition) is 1. The molecule has 0 aliphatic carbocycles. The molecule has 0 saturated heterocycles. The van der Waals surface area contributed by atoms with Crippen LogP contribution in [0, 0.1) is 0 Å². The Morgan fingerprint density at radius 1 is 1.09 bits per heavy atom. The highest BCUT2D eigenvalue weighted by molar-refractivity contribution is 7.89. The van der Waals surface area contributed by atoms with Gasteiger partial charge < -0.3 is 0 Å². The molecule has 0 atom stereocenters. The lowest BCUT2D eigenvalue weighted by molar-refractivity contribution is -0.139. The van der Waals surface area contributed by atoms with E-state index in [-0.39, 0.29) is 30.2 Å². The van der Waals surface area contributed by atoms with Crippen molar-refractivity contribution in [2.75, 3.05) is 13.1 Å². The molecule has 2 aromatic rings. The van der Waals surface area contributed by atoms with Crippen LogP contribution in [0.4, 0.5) is 13.2 Å². The summed E-state index contributed by atoms with van der Waals surface area (Å²) in [6.07, 6.45) is 0.650. The molecule has 1 aliphatic heterocycles. The Morgan fingerprint density at radius 3 is 2.44 bits per heavy atom. The van der Waals surface area contributed by atoms with E-state index in [2.05, 4.69) is 12.4 Å². The molecular formula is C23H27F3N2O3S. The Bertz CT molecular complexity index is 1040. The zero-order valence-electron chi connectivity index (χ0n) is 17.9. The third-order valence-electron chi connectivity index (χ3n) is 5.31. The van der Waals surface area contributed by atoms with Gasteiger partial charge in [0.2, 0.25) is 10.0 Å². The van der Waals surface area contributed by atoms with Crippen molar-refractivity contribution in [3.05, 3.63) is 77.0 Å². The molecule has 0 saturated carbocycles. The maximum Gasteiger partial charge on any atom is 0.416 e. The van der Waals surface area contributed by atoms with Crippen molar-refractivity contribution >= 4 is 10.0 Å². The highest BCUT2D eigenvalue weighted by Gasteiger charge is 2.33. The first-order chi connectivity index (χ1) is 15.2. The summed E-state index contributed by atoms with van der Waals surface area (Å²) in [6.45, 7) is 2.25. The molecule has 0 spiro atoms. The number of aryl methyl sites for hydroxylation is 1. The summed E-state index contributed by atoms with van der Waals surface area (Å²) in [5, 5.41) is 0. The second kappa shape index (κ2) is 10.5. The molecule has 174 valence electrons. The summed E-state index contributed by atoms with van der Waals surface area (Å²) in [6, 6.07) is 12.2. The largest absolute Gasteiger partial charge is 0.416 e. The number of rotatable bonds is 9. The first-order valence-electron chi connectivity index (χ1n) is 10.5. The van der Waals surface area contributed by atoms with Gasteiger partial charge in [0.05, 0.1) is 10.5 Å². The normalized spacial score (nSPS) is 15.4. The smallest absolute Gasteiger partial charge is 0.272 e. The van der Waals surface area contributed by atoms with Crippen LogP contribution in [0.3, 0.4) is 0 Å². The Balaban J connectivity index is 1.56. The van der Waals surface area contributed by atoms with E-state index in [1.807, 2.05) is 12.1 Å². The second-order valence-electron chi connectivity index (χ2n) is 7.64. The predicted molar refractivity (Wildman–Crippen MR) is 116 cm³/mol. The van der Waals surface area contributed by atoms with Gasteiger partial charge in [-0.1, -0.05) is 43.7 Å². The van der Waals surface area contributed by atoms with Gasteiger partial charge >= 0.3 is 6.18 Å². The quantitative estimate of drug-likeness (QED) is 0.524. The number of unbranched alkanes of at least 4 members (excludes halogenated alkanes) is 1. The summed E-state index contributed by atoms with van der Waals surface area (Å²) in [4.78, 5) is 5.51. The van der Waals surface area contributed by atoms with Gasteiger partial charge in [-0.15, -0.1) is 0 Å². The number of nitrogens with zero attached hydrogens (tertiary/aromatic N) is 1. The van der Waals surface area contributed by atoms with E-state index < -0.39 is 21.8 Å². The van der Waals surface area contributed by atoms with Gasteiger partial charge in [0, 0.05) is 25.2 Å². The fourth-order valence-electron chi connectivity index (χ4n) is 3.45. The molecule has 1 heterocycles. The van der Waals surface area contributed by atoms with Crippen LogP contribution < -0.4 is 5.48 Å². The topological polar surface area (TPSA) is 58.6 Å². The van der Waals surface area contributed by atoms with Gasteiger partial charge in [-0.2, -0.15) is 17.5 Å². The first kappa shape index (κ1) is 24.3. The highest BCUT2D eigenvalue weighted by Crippen LogP contribution is 2.32. The minimum atomic E-state index is -4.45. The average molecular weight is 469 g/mol. The standard InChI is InChI=1S/C23H27F3N2O3S/c1-2-3-6-18-9-11-21(12-10-18)32(29,30)28-15-13-20(14-16-28)27-31-17-19-7-4-5-8-22(19)23(24,25)26/h4-5,7-13,27H,2-3,6,14-17H2,1H3. The molecule has 9 heteroatoms. The van der Waals surface area contributed by atoms with Gasteiger partial charge in [-0.25, -0.2) is 8.42 Å². The lowest BCUT2D eigenvalue weighted by atomic mass is 10.1. The summed E-state index contributed by atoms with van der Waals surface area (Å²) >= 11 is 0. The fourth-order valence-corrected chi connectivity index (χ4v) is 4.83. The molecule has 0 amide bonds. The molecule has 2 aromatic carbocycles. The van der Waals surface area contributed by atoms with Crippen molar-refractivity contribution in [3.63, 3.8) is 0 Å². The van der Waals surface area contributed by atoms with E-state index in [0.717, 1.165) is 30.9 Å². The number of nitrogens with one attached hydrogen (secondary N) is 1. The maximum absolute atomic E-state index is 13.1. The monoisotopic (exact) mass is 468 g/mol. The summed E-state index contributed by atoms with van der Waals surface area (Å²) in [7, 11) is -3.61. The van der Waals surface area contributed by atoms with E-state index in [0.29, 0.717) is 12.1 Å². The maximum atomic E-state index is 13.1. The molecule has 32 heavy (non-hydrogen) atoms.